The van der Waals surface area contributed by atoms with Gasteiger partial charge in [0, 0.05) is 13.1 Å². The molecule has 0 aliphatic rings. The summed E-state index contributed by atoms with van der Waals surface area (Å²) < 4.78 is 4.88. The Morgan fingerprint density at radius 2 is 1.92 bits per heavy atom. The normalized spacial score (nSPS) is 11.2. The van der Waals surface area contributed by atoms with Gasteiger partial charge in [-0.1, -0.05) is 19.1 Å². The molecule has 0 bridgehead atoms. The van der Waals surface area contributed by atoms with Crippen LogP contribution in [0.25, 0.3) is 0 Å². The molecule has 1 aromatic carbocycles. The fraction of sp³-hybridized carbons (Fsp3) is 0.500. The van der Waals surface area contributed by atoms with Gasteiger partial charge in [-0.15, -0.1) is 0 Å². The van der Waals surface area contributed by atoms with E-state index < -0.39 is 0 Å². The van der Waals surface area contributed by atoms with E-state index in [0.29, 0.717) is 18.7 Å². The molecule has 2 amide bonds. The van der Waals surface area contributed by atoms with Gasteiger partial charge in [0.05, 0.1) is 24.2 Å². The second kappa shape index (κ2) is 11.1. The topological polar surface area (TPSA) is 91.2 Å². The lowest BCUT2D eigenvalue weighted by Crippen LogP contribution is -2.39. The molecule has 1 aromatic rings. The molecular weight excluding hydrogens is 306 g/mol. The number of nitriles is 1. The smallest absolute Gasteiger partial charge is 0.314 e. The highest BCUT2D eigenvalue weighted by atomic mass is 16.5. The Morgan fingerprint density at radius 3 is 2.54 bits per heavy atom. The average Bonchev–Trinajstić information content (AvgIpc) is 2.60. The molecule has 6 nitrogen and oxygen atoms in total. The Kier molecular flexibility index (Phi) is 8.98. The van der Waals surface area contributed by atoms with Gasteiger partial charge in [-0.25, -0.2) is 4.79 Å². The predicted molar refractivity (Wildman–Crippen MR) is 91.3 cm³/mol. The van der Waals surface area contributed by atoms with E-state index in [0.717, 1.165) is 19.3 Å². The highest BCUT2D eigenvalue weighted by Gasteiger charge is 2.14. The molecule has 0 aromatic heterocycles. The van der Waals surface area contributed by atoms with Crippen molar-refractivity contribution in [3.05, 3.63) is 35.4 Å². The minimum absolute atomic E-state index is 0.260. The van der Waals surface area contributed by atoms with Crippen LogP contribution in [0.4, 0.5) is 4.79 Å². The first kappa shape index (κ1) is 19.5. The molecule has 130 valence electrons. The minimum atomic E-state index is -0.355. The van der Waals surface area contributed by atoms with E-state index in [-0.39, 0.29) is 24.5 Å². The number of esters is 1. The van der Waals surface area contributed by atoms with E-state index in [1.165, 1.54) is 5.56 Å². The highest BCUT2D eigenvalue weighted by Crippen LogP contribution is 2.07. The number of hydrogen-bond donors (Lipinski definition) is 2. The molecule has 1 unspecified atom stereocenters. The summed E-state index contributed by atoms with van der Waals surface area (Å²) in [5, 5.41) is 14.2. The van der Waals surface area contributed by atoms with E-state index in [2.05, 4.69) is 16.7 Å². The maximum absolute atomic E-state index is 11.6. The van der Waals surface area contributed by atoms with Crippen molar-refractivity contribution in [3.63, 3.8) is 0 Å². The van der Waals surface area contributed by atoms with Gasteiger partial charge in [-0.2, -0.15) is 5.26 Å². The van der Waals surface area contributed by atoms with Crippen molar-refractivity contribution in [2.75, 3.05) is 19.7 Å². The molecule has 0 saturated carbocycles. The van der Waals surface area contributed by atoms with Gasteiger partial charge in [-0.05, 0) is 43.9 Å². The maximum atomic E-state index is 11.6. The standard InChI is InChI=1S/C18H25N3O3/c1-3-24-17(22)14(2)13-21-18(23)20-11-5-4-6-15-7-9-16(12-19)10-8-15/h7-10,14H,3-6,11,13H2,1-2H3,(H2,20,21,23). The summed E-state index contributed by atoms with van der Waals surface area (Å²) in [6, 6.07) is 9.35. The zero-order chi connectivity index (χ0) is 17.8. The van der Waals surface area contributed by atoms with Crippen LogP contribution in [0.15, 0.2) is 24.3 Å². The number of carbonyl (C=O) groups is 2. The Bertz CT molecular complexity index is 564. The molecule has 0 fully saturated rings. The van der Waals surface area contributed by atoms with Crippen LogP contribution in [0, 0.1) is 17.2 Å². The lowest BCUT2D eigenvalue weighted by molar-refractivity contribution is -0.147. The number of nitrogens with zero attached hydrogens (tertiary/aromatic N) is 1. The quantitative estimate of drug-likeness (QED) is 0.537. The number of carbonyl (C=O) groups excluding carboxylic acids is 2. The number of aryl methyl sites for hydroxylation is 1. The molecular formula is C18H25N3O3. The Balaban J connectivity index is 2.10. The van der Waals surface area contributed by atoms with Crippen molar-refractivity contribution in [2.45, 2.75) is 33.1 Å². The summed E-state index contributed by atoms with van der Waals surface area (Å²) in [5.74, 6) is -0.660. The summed E-state index contributed by atoms with van der Waals surface area (Å²) in [6.07, 6.45) is 2.72. The molecule has 0 saturated heterocycles. The third-order valence-corrected chi connectivity index (χ3v) is 3.52. The van der Waals surface area contributed by atoms with Crippen LogP contribution >= 0.6 is 0 Å². The van der Waals surface area contributed by atoms with Crippen LogP contribution in [-0.4, -0.2) is 31.7 Å². The fourth-order valence-electron chi connectivity index (χ4n) is 2.08. The maximum Gasteiger partial charge on any atom is 0.314 e. The number of nitrogens with one attached hydrogen (secondary N) is 2. The van der Waals surface area contributed by atoms with Crippen LogP contribution in [0.5, 0.6) is 0 Å². The second-order valence-electron chi connectivity index (χ2n) is 5.56. The van der Waals surface area contributed by atoms with Gasteiger partial charge in [-0.3, -0.25) is 4.79 Å². The molecule has 0 radical (unpaired) electrons. The van der Waals surface area contributed by atoms with Gasteiger partial charge in [0.15, 0.2) is 0 Å². The third-order valence-electron chi connectivity index (χ3n) is 3.52. The van der Waals surface area contributed by atoms with Gasteiger partial charge < -0.3 is 15.4 Å². The lowest BCUT2D eigenvalue weighted by atomic mass is 10.1. The van der Waals surface area contributed by atoms with E-state index in [1.807, 2.05) is 24.3 Å². The van der Waals surface area contributed by atoms with Gasteiger partial charge >= 0.3 is 12.0 Å². The van der Waals surface area contributed by atoms with Crippen molar-refractivity contribution < 1.29 is 14.3 Å². The molecule has 6 heteroatoms. The molecule has 1 rings (SSSR count). The van der Waals surface area contributed by atoms with Crippen molar-refractivity contribution >= 4 is 12.0 Å². The number of ether oxygens (including phenoxy) is 1. The molecule has 0 spiro atoms. The first-order valence-electron chi connectivity index (χ1n) is 8.24. The van der Waals surface area contributed by atoms with Crippen LogP contribution in [0.3, 0.4) is 0 Å². The zero-order valence-electron chi connectivity index (χ0n) is 14.3. The SMILES string of the molecule is CCOC(=O)C(C)CNC(=O)NCCCCc1ccc(C#N)cc1. The van der Waals surface area contributed by atoms with Gasteiger partial charge in [0.1, 0.15) is 0 Å². The number of rotatable bonds is 9. The largest absolute Gasteiger partial charge is 0.466 e. The fourth-order valence-corrected chi connectivity index (χ4v) is 2.08. The summed E-state index contributed by atoms with van der Waals surface area (Å²) in [4.78, 5) is 23.0. The predicted octanol–water partition coefficient (Wildman–Crippen LogP) is 2.38. The number of urea groups is 1. The summed E-state index contributed by atoms with van der Waals surface area (Å²) in [7, 11) is 0. The molecule has 0 aliphatic heterocycles. The van der Waals surface area contributed by atoms with Gasteiger partial charge in [0.2, 0.25) is 0 Å². The number of amides is 2. The lowest BCUT2D eigenvalue weighted by Gasteiger charge is -2.12. The average molecular weight is 331 g/mol. The monoisotopic (exact) mass is 331 g/mol. The molecule has 0 heterocycles. The Labute approximate surface area is 143 Å². The first-order chi connectivity index (χ1) is 11.6. The van der Waals surface area contributed by atoms with Crippen molar-refractivity contribution in [1.29, 1.82) is 5.26 Å². The minimum Gasteiger partial charge on any atom is -0.466 e. The molecule has 24 heavy (non-hydrogen) atoms. The molecule has 2 N–H and O–H groups in total. The van der Waals surface area contributed by atoms with Crippen LogP contribution in [0.1, 0.15) is 37.8 Å². The summed E-state index contributed by atoms with van der Waals surface area (Å²) in [5.41, 5.74) is 1.84. The first-order valence-corrected chi connectivity index (χ1v) is 8.24. The van der Waals surface area contributed by atoms with E-state index in [4.69, 9.17) is 10.00 Å². The van der Waals surface area contributed by atoms with E-state index in [1.54, 1.807) is 13.8 Å². The third kappa shape index (κ3) is 7.63. The zero-order valence-corrected chi connectivity index (χ0v) is 14.3. The van der Waals surface area contributed by atoms with Crippen LogP contribution in [-0.2, 0) is 16.0 Å². The molecule has 1 atom stereocenters. The number of benzene rings is 1. The van der Waals surface area contributed by atoms with Gasteiger partial charge in [0.25, 0.3) is 0 Å². The van der Waals surface area contributed by atoms with Crippen molar-refractivity contribution in [1.82, 2.24) is 10.6 Å². The summed E-state index contributed by atoms with van der Waals surface area (Å²) >= 11 is 0. The molecule has 0 aliphatic carbocycles. The number of hydrogen-bond acceptors (Lipinski definition) is 4. The summed E-state index contributed by atoms with van der Waals surface area (Å²) in [6.45, 7) is 4.65. The van der Waals surface area contributed by atoms with Crippen LogP contribution < -0.4 is 10.6 Å². The number of unbranched alkanes of at least 4 members (excludes halogenated alkanes) is 1. The Morgan fingerprint density at radius 1 is 1.21 bits per heavy atom. The second-order valence-corrected chi connectivity index (χ2v) is 5.56. The van der Waals surface area contributed by atoms with E-state index >= 15 is 0 Å². The Hall–Kier alpha value is -2.55. The van der Waals surface area contributed by atoms with E-state index in [9.17, 15) is 9.59 Å². The van der Waals surface area contributed by atoms with Crippen molar-refractivity contribution in [2.24, 2.45) is 5.92 Å². The van der Waals surface area contributed by atoms with Crippen LogP contribution in [0.2, 0.25) is 0 Å². The van der Waals surface area contributed by atoms with Crippen molar-refractivity contribution in [3.8, 4) is 6.07 Å². The highest BCUT2D eigenvalue weighted by molar-refractivity contribution is 5.76.